The van der Waals surface area contributed by atoms with Crippen LogP contribution in [0.4, 0.5) is 5.69 Å². The first-order chi connectivity index (χ1) is 12.0. The largest absolute Gasteiger partial charge is 0.495 e. The monoisotopic (exact) mass is 381 g/mol. The number of benzene rings is 1. The smallest absolute Gasteiger partial charge is 0.228 e. The number of anilines is 1. The van der Waals surface area contributed by atoms with Gasteiger partial charge in [0.15, 0.2) is 0 Å². The molecule has 26 heavy (non-hydrogen) atoms. The second-order valence-corrected chi connectivity index (χ2v) is 7.13. The minimum atomic E-state index is -0.245. The van der Waals surface area contributed by atoms with Crippen LogP contribution < -0.4 is 20.7 Å². The molecule has 6 nitrogen and oxygen atoms in total. The number of nitrogens with one attached hydrogen (secondary N) is 3. The van der Waals surface area contributed by atoms with Crippen LogP contribution in [0.25, 0.3) is 0 Å². The Morgan fingerprint density at radius 3 is 2.88 bits per heavy atom. The van der Waals surface area contributed by atoms with E-state index in [4.69, 9.17) is 4.74 Å². The molecule has 2 amide bonds. The van der Waals surface area contributed by atoms with Crippen LogP contribution in [-0.2, 0) is 16.1 Å². The first-order valence-electron chi connectivity index (χ1n) is 8.99. The van der Waals surface area contributed by atoms with Gasteiger partial charge in [-0.1, -0.05) is 18.9 Å². The molecule has 1 aliphatic heterocycles. The van der Waals surface area contributed by atoms with Gasteiger partial charge in [-0.15, -0.1) is 12.4 Å². The highest BCUT2D eigenvalue weighted by Crippen LogP contribution is 2.43. The van der Waals surface area contributed by atoms with Crippen molar-refractivity contribution in [3.63, 3.8) is 0 Å². The minimum Gasteiger partial charge on any atom is -0.495 e. The number of amides is 2. The summed E-state index contributed by atoms with van der Waals surface area (Å²) in [5.41, 5.74) is 1.32. The molecule has 3 rings (SSSR count). The molecule has 0 bridgehead atoms. The van der Waals surface area contributed by atoms with Crippen molar-refractivity contribution in [1.29, 1.82) is 0 Å². The van der Waals surface area contributed by atoms with Gasteiger partial charge in [0.25, 0.3) is 0 Å². The first kappa shape index (κ1) is 20.5. The lowest BCUT2D eigenvalue weighted by atomic mass is 9.67. The number of halogens is 1. The normalized spacial score (nSPS) is 24.2. The number of fused-ring (bicyclic) bond motifs is 1. The highest BCUT2D eigenvalue weighted by molar-refractivity contribution is 5.90. The van der Waals surface area contributed by atoms with E-state index < -0.39 is 0 Å². The lowest BCUT2D eigenvalue weighted by molar-refractivity contribution is -0.134. The number of hydrogen-bond acceptors (Lipinski definition) is 4. The van der Waals surface area contributed by atoms with Crippen molar-refractivity contribution in [2.24, 2.45) is 11.3 Å². The molecule has 144 valence electrons. The summed E-state index contributed by atoms with van der Waals surface area (Å²) in [7, 11) is 1.57. The predicted molar refractivity (Wildman–Crippen MR) is 104 cm³/mol. The third-order valence-corrected chi connectivity index (χ3v) is 5.52. The molecule has 0 aromatic heterocycles. The van der Waals surface area contributed by atoms with E-state index in [1.165, 1.54) is 13.3 Å². The third kappa shape index (κ3) is 4.13. The molecule has 1 saturated carbocycles. The summed E-state index contributed by atoms with van der Waals surface area (Å²) in [6.07, 6.45) is 4.45. The van der Waals surface area contributed by atoms with Crippen molar-refractivity contribution in [3.05, 3.63) is 23.8 Å². The van der Waals surface area contributed by atoms with E-state index in [1.54, 1.807) is 7.11 Å². The van der Waals surface area contributed by atoms with Gasteiger partial charge >= 0.3 is 0 Å². The maximum atomic E-state index is 12.9. The number of methoxy groups -OCH3 is 1. The van der Waals surface area contributed by atoms with E-state index in [0.29, 0.717) is 23.9 Å². The zero-order valence-corrected chi connectivity index (χ0v) is 16.2. The molecule has 1 aromatic rings. The van der Waals surface area contributed by atoms with E-state index in [1.807, 2.05) is 18.2 Å². The topological polar surface area (TPSA) is 79.5 Å². The Bertz CT molecular complexity index is 667. The average Bonchev–Trinajstić information content (AvgIpc) is 3.04. The standard InChI is InChI=1S/C19H27N3O3.ClH/c1-13(23)22-16-9-14(6-7-17(16)25-2)10-21-18(24)19-8-4-3-5-15(19)11-20-12-19;/h6-7,9,15,20H,3-5,8,10-12H2,1-2H3,(H,21,24)(H,22,23);1H/t15-,19+;/m0./s1. The lowest BCUT2D eigenvalue weighted by Crippen LogP contribution is -2.47. The highest BCUT2D eigenvalue weighted by Gasteiger charge is 2.49. The number of ether oxygens (including phenoxy) is 1. The third-order valence-electron chi connectivity index (χ3n) is 5.52. The van der Waals surface area contributed by atoms with Crippen LogP contribution in [0.1, 0.15) is 38.2 Å². The number of carbonyl (C=O) groups is 2. The van der Waals surface area contributed by atoms with Crippen molar-refractivity contribution < 1.29 is 14.3 Å². The molecule has 2 atom stereocenters. The van der Waals surface area contributed by atoms with Crippen LogP contribution in [0.5, 0.6) is 5.75 Å². The van der Waals surface area contributed by atoms with Crippen molar-refractivity contribution in [1.82, 2.24) is 10.6 Å². The van der Waals surface area contributed by atoms with Crippen LogP contribution in [0.2, 0.25) is 0 Å². The van der Waals surface area contributed by atoms with Gasteiger partial charge in [0, 0.05) is 20.0 Å². The van der Waals surface area contributed by atoms with Crippen LogP contribution in [0.15, 0.2) is 18.2 Å². The molecule has 1 heterocycles. The first-order valence-corrected chi connectivity index (χ1v) is 8.99. The lowest BCUT2D eigenvalue weighted by Gasteiger charge is -2.37. The minimum absolute atomic E-state index is 0. The van der Waals surface area contributed by atoms with Crippen LogP contribution in [0.3, 0.4) is 0 Å². The van der Waals surface area contributed by atoms with Gasteiger partial charge in [0.1, 0.15) is 5.75 Å². The Kier molecular flexibility index (Phi) is 6.89. The van der Waals surface area contributed by atoms with E-state index in [9.17, 15) is 9.59 Å². The average molecular weight is 382 g/mol. The summed E-state index contributed by atoms with van der Waals surface area (Å²) in [5, 5.41) is 9.29. The van der Waals surface area contributed by atoms with Gasteiger partial charge in [-0.05, 0) is 43.0 Å². The molecular weight excluding hydrogens is 354 g/mol. The van der Waals surface area contributed by atoms with E-state index in [-0.39, 0.29) is 29.6 Å². The summed E-state index contributed by atoms with van der Waals surface area (Å²) < 4.78 is 5.27. The van der Waals surface area contributed by atoms with E-state index in [0.717, 1.165) is 37.9 Å². The summed E-state index contributed by atoms with van der Waals surface area (Å²) in [4.78, 5) is 24.3. The SMILES string of the molecule is COc1ccc(CNC(=O)[C@@]23CCCC[C@H]2CNC3)cc1NC(C)=O.Cl. The fraction of sp³-hybridized carbons (Fsp3) is 0.579. The van der Waals surface area contributed by atoms with Crippen molar-refractivity contribution in [2.45, 2.75) is 39.2 Å². The van der Waals surface area contributed by atoms with E-state index >= 15 is 0 Å². The summed E-state index contributed by atoms with van der Waals surface area (Å²) in [6.45, 7) is 3.64. The second kappa shape index (κ2) is 8.73. The Morgan fingerprint density at radius 2 is 2.15 bits per heavy atom. The molecule has 1 aromatic carbocycles. The van der Waals surface area contributed by atoms with Gasteiger partial charge in [-0.25, -0.2) is 0 Å². The van der Waals surface area contributed by atoms with Gasteiger partial charge in [-0.2, -0.15) is 0 Å². The Labute approximate surface area is 160 Å². The summed E-state index contributed by atoms with van der Waals surface area (Å²) in [5.74, 6) is 1.06. The van der Waals surface area contributed by atoms with Crippen LogP contribution in [0, 0.1) is 11.3 Å². The van der Waals surface area contributed by atoms with Crippen molar-refractivity contribution in [2.75, 3.05) is 25.5 Å². The van der Waals surface area contributed by atoms with Crippen molar-refractivity contribution in [3.8, 4) is 5.75 Å². The predicted octanol–water partition coefficient (Wildman–Crippen LogP) is 2.47. The highest BCUT2D eigenvalue weighted by atomic mass is 35.5. The maximum absolute atomic E-state index is 12.9. The fourth-order valence-electron chi connectivity index (χ4n) is 4.20. The zero-order chi connectivity index (χ0) is 17.9. The molecule has 3 N–H and O–H groups in total. The molecule has 1 saturated heterocycles. The van der Waals surface area contributed by atoms with Crippen LogP contribution >= 0.6 is 12.4 Å². The molecule has 1 aliphatic carbocycles. The van der Waals surface area contributed by atoms with E-state index in [2.05, 4.69) is 16.0 Å². The summed E-state index contributed by atoms with van der Waals surface area (Å²) in [6, 6.07) is 5.57. The molecule has 2 fully saturated rings. The molecule has 0 unspecified atom stereocenters. The van der Waals surface area contributed by atoms with Gasteiger partial charge < -0.3 is 20.7 Å². The number of hydrogen-bond donors (Lipinski definition) is 3. The fourth-order valence-corrected chi connectivity index (χ4v) is 4.20. The van der Waals surface area contributed by atoms with Crippen molar-refractivity contribution >= 4 is 29.9 Å². The Balaban J connectivity index is 0.00000243. The Morgan fingerprint density at radius 1 is 1.35 bits per heavy atom. The molecule has 0 radical (unpaired) electrons. The quantitative estimate of drug-likeness (QED) is 0.732. The summed E-state index contributed by atoms with van der Waals surface area (Å²) >= 11 is 0. The number of rotatable bonds is 5. The number of carbonyl (C=O) groups excluding carboxylic acids is 2. The molecular formula is C19H28ClN3O3. The van der Waals surface area contributed by atoms with Gasteiger partial charge in [0.2, 0.25) is 11.8 Å². The molecule has 7 heteroatoms. The maximum Gasteiger partial charge on any atom is 0.228 e. The zero-order valence-electron chi connectivity index (χ0n) is 15.4. The molecule has 2 aliphatic rings. The van der Waals surface area contributed by atoms with Gasteiger partial charge in [0.05, 0.1) is 18.2 Å². The Hall–Kier alpha value is -1.79. The van der Waals surface area contributed by atoms with Gasteiger partial charge in [-0.3, -0.25) is 9.59 Å². The molecule has 0 spiro atoms. The second-order valence-electron chi connectivity index (χ2n) is 7.13. The van der Waals surface area contributed by atoms with Crippen LogP contribution in [-0.4, -0.2) is 32.0 Å².